The molecule has 146 valence electrons. The number of aromatic nitrogens is 1. The first-order chi connectivity index (χ1) is 12.9. The Morgan fingerprint density at radius 2 is 1.93 bits per heavy atom. The van der Waals surface area contributed by atoms with Crippen molar-refractivity contribution in [1.82, 2.24) is 15.2 Å². The fourth-order valence-corrected chi connectivity index (χ4v) is 2.67. The van der Waals surface area contributed by atoms with E-state index < -0.39 is 0 Å². The van der Waals surface area contributed by atoms with Gasteiger partial charge in [0, 0.05) is 30.4 Å². The molecule has 2 rings (SSSR count). The Morgan fingerprint density at radius 1 is 1.19 bits per heavy atom. The third kappa shape index (κ3) is 6.01. The van der Waals surface area contributed by atoms with Crippen LogP contribution >= 0.6 is 11.6 Å². The van der Waals surface area contributed by atoms with Crippen molar-refractivity contribution in [3.8, 4) is 11.5 Å². The van der Waals surface area contributed by atoms with Gasteiger partial charge in [-0.2, -0.15) is 0 Å². The second kappa shape index (κ2) is 9.99. The molecule has 0 fully saturated rings. The average Bonchev–Trinajstić information content (AvgIpc) is 2.66. The van der Waals surface area contributed by atoms with Crippen molar-refractivity contribution in [3.63, 3.8) is 0 Å². The summed E-state index contributed by atoms with van der Waals surface area (Å²) in [6.45, 7) is 1.53. The molecule has 0 bridgehead atoms. The minimum atomic E-state index is -0.139. The van der Waals surface area contributed by atoms with Gasteiger partial charge >= 0.3 is 0 Å². The summed E-state index contributed by atoms with van der Waals surface area (Å²) in [5.74, 6) is 1.43. The van der Waals surface area contributed by atoms with Gasteiger partial charge in [-0.1, -0.05) is 11.6 Å². The van der Waals surface area contributed by atoms with Crippen LogP contribution in [0.15, 0.2) is 30.5 Å². The summed E-state index contributed by atoms with van der Waals surface area (Å²) in [7, 11) is 7.09. The Morgan fingerprint density at radius 3 is 2.59 bits per heavy atom. The monoisotopic (exact) mass is 392 g/mol. The number of pyridine rings is 1. The topological polar surface area (TPSA) is 75.7 Å². The zero-order valence-electron chi connectivity index (χ0n) is 16.0. The van der Waals surface area contributed by atoms with E-state index in [-0.39, 0.29) is 5.91 Å². The third-order valence-electron chi connectivity index (χ3n) is 3.83. The van der Waals surface area contributed by atoms with E-state index in [2.05, 4.69) is 20.5 Å². The first kappa shape index (κ1) is 20.8. The number of carbonyl (C=O) groups is 1. The quantitative estimate of drug-likeness (QED) is 0.638. The van der Waals surface area contributed by atoms with Crippen LogP contribution < -0.4 is 20.1 Å². The number of halogens is 1. The Labute approximate surface area is 164 Å². The van der Waals surface area contributed by atoms with Crippen LogP contribution in [0, 0.1) is 0 Å². The smallest absolute Gasteiger partial charge is 0.251 e. The molecular formula is C19H25ClN4O3. The van der Waals surface area contributed by atoms with Crippen molar-refractivity contribution in [1.29, 1.82) is 0 Å². The van der Waals surface area contributed by atoms with Gasteiger partial charge in [-0.3, -0.25) is 4.79 Å². The van der Waals surface area contributed by atoms with Crippen LogP contribution in [0.25, 0.3) is 0 Å². The van der Waals surface area contributed by atoms with Crippen molar-refractivity contribution in [3.05, 3.63) is 41.0 Å². The van der Waals surface area contributed by atoms with Gasteiger partial charge in [0.1, 0.15) is 17.3 Å². The number of ether oxygens (including phenoxy) is 2. The first-order valence-electron chi connectivity index (χ1n) is 8.52. The molecule has 27 heavy (non-hydrogen) atoms. The maximum Gasteiger partial charge on any atom is 0.251 e. The van der Waals surface area contributed by atoms with E-state index in [1.807, 2.05) is 14.1 Å². The lowest BCUT2D eigenvalue weighted by atomic mass is 10.2. The SMILES string of the molecule is COc1cc(Nc2cc(C(=O)NCCCN(C)C)ccn2)c(OC)cc1Cl. The molecule has 1 heterocycles. The molecule has 0 spiro atoms. The number of methoxy groups -OCH3 is 2. The number of hydrogen-bond acceptors (Lipinski definition) is 6. The Balaban J connectivity index is 2.10. The molecule has 0 saturated carbocycles. The molecule has 0 aliphatic carbocycles. The molecule has 0 atom stereocenters. The van der Waals surface area contributed by atoms with Gasteiger partial charge in [0.2, 0.25) is 0 Å². The van der Waals surface area contributed by atoms with Crippen LogP contribution in [0.3, 0.4) is 0 Å². The molecular weight excluding hydrogens is 368 g/mol. The second-order valence-corrected chi connectivity index (χ2v) is 6.56. The number of anilines is 2. The van der Waals surface area contributed by atoms with E-state index in [4.69, 9.17) is 21.1 Å². The number of carbonyl (C=O) groups excluding carboxylic acids is 1. The molecule has 1 amide bonds. The Bertz CT molecular complexity index is 784. The maximum absolute atomic E-state index is 12.3. The summed E-state index contributed by atoms with van der Waals surface area (Å²) in [5, 5.41) is 6.50. The predicted octanol–water partition coefficient (Wildman–Crippen LogP) is 3.18. The number of benzene rings is 1. The normalized spacial score (nSPS) is 10.6. The maximum atomic E-state index is 12.3. The predicted molar refractivity (Wildman–Crippen MR) is 108 cm³/mol. The van der Waals surface area contributed by atoms with Crippen molar-refractivity contribution in [2.24, 2.45) is 0 Å². The zero-order valence-corrected chi connectivity index (χ0v) is 16.8. The van der Waals surface area contributed by atoms with E-state index in [1.54, 1.807) is 37.6 Å². The van der Waals surface area contributed by atoms with Crippen LogP contribution in [0.1, 0.15) is 16.8 Å². The van der Waals surface area contributed by atoms with Gasteiger partial charge in [0.05, 0.1) is 24.9 Å². The highest BCUT2D eigenvalue weighted by atomic mass is 35.5. The highest BCUT2D eigenvalue weighted by Gasteiger charge is 2.12. The van der Waals surface area contributed by atoms with Gasteiger partial charge in [-0.15, -0.1) is 0 Å². The number of amides is 1. The van der Waals surface area contributed by atoms with Crippen LogP contribution in [-0.2, 0) is 0 Å². The molecule has 1 aromatic heterocycles. The van der Waals surface area contributed by atoms with Gasteiger partial charge in [-0.05, 0) is 39.2 Å². The number of hydrogen-bond donors (Lipinski definition) is 2. The molecule has 2 aromatic rings. The highest BCUT2D eigenvalue weighted by molar-refractivity contribution is 6.32. The first-order valence-corrected chi connectivity index (χ1v) is 8.90. The number of nitrogens with one attached hydrogen (secondary N) is 2. The van der Waals surface area contributed by atoms with Crippen molar-refractivity contribution >= 4 is 29.0 Å². The van der Waals surface area contributed by atoms with Gasteiger partial charge < -0.3 is 25.0 Å². The minimum Gasteiger partial charge on any atom is -0.495 e. The number of rotatable bonds is 9. The lowest BCUT2D eigenvalue weighted by Gasteiger charge is -2.14. The summed E-state index contributed by atoms with van der Waals surface area (Å²) in [5.41, 5.74) is 1.16. The van der Waals surface area contributed by atoms with Gasteiger partial charge in [-0.25, -0.2) is 4.98 Å². The van der Waals surface area contributed by atoms with Gasteiger partial charge in [0.25, 0.3) is 5.91 Å². The largest absolute Gasteiger partial charge is 0.495 e. The van der Waals surface area contributed by atoms with Crippen LogP contribution in [0.4, 0.5) is 11.5 Å². The summed E-state index contributed by atoms with van der Waals surface area (Å²) >= 11 is 6.13. The minimum absolute atomic E-state index is 0.139. The van der Waals surface area contributed by atoms with Crippen LogP contribution in [-0.4, -0.2) is 57.2 Å². The van der Waals surface area contributed by atoms with Crippen molar-refractivity contribution in [2.45, 2.75) is 6.42 Å². The fraction of sp³-hybridized carbons (Fsp3) is 0.368. The van der Waals surface area contributed by atoms with E-state index in [0.717, 1.165) is 13.0 Å². The van der Waals surface area contributed by atoms with Gasteiger partial charge in [0.15, 0.2) is 0 Å². The third-order valence-corrected chi connectivity index (χ3v) is 4.12. The number of nitrogens with zero attached hydrogens (tertiary/aromatic N) is 2. The molecule has 7 nitrogen and oxygen atoms in total. The lowest BCUT2D eigenvalue weighted by Crippen LogP contribution is -2.27. The fourth-order valence-electron chi connectivity index (χ4n) is 2.44. The van der Waals surface area contributed by atoms with E-state index in [0.29, 0.717) is 40.1 Å². The second-order valence-electron chi connectivity index (χ2n) is 6.15. The molecule has 0 radical (unpaired) electrons. The molecule has 0 aliphatic heterocycles. The summed E-state index contributed by atoms with van der Waals surface area (Å²) in [6.07, 6.45) is 2.47. The Kier molecular flexibility index (Phi) is 7.69. The van der Waals surface area contributed by atoms with E-state index in [1.165, 1.54) is 7.11 Å². The molecule has 1 aromatic carbocycles. The molecule has 0 unspecified atom stereocenters. The summed E-state index contributed by atoms with van der Waals surface area (Å²) < 4.78 is 10.6. The summed E-state index contributed by atoms with van der Waals surface area (Å²) in [4.78, 5) is 18.7. The summed E-state index contributed by atoms with van der Waals surface area (Å²) in [6, 6.07) is 6.73. The van der Waals surface area contributed by atoms with Crippen molar-refractivity contribution < 1.29 is 14.3 Å². The molecule has 0 saturated heterocycles. The van der Waals surface area contributed by atoms with Crippen LogP contribution in [0.5, 0.6) is 11.5 Å². The van der Waals surface area contributed by atoms with Crippen molar-refractivity contribution in [2.75, 3.05) is 46.7 Å². The zero-order chi connectivity index (χ0) is 19.8. The average molecular weight is 393 g/mol. The molecule has 2 N–H and O–H groups in total. The van der Waals surface area contributed by atoms with E-state index >= 15 is 0 Å². The van der Waals surface area contributed by atoms with E-state index in [9.17, 15) is 4.79 Å². The van der Waals surface area contributed by atoms with Crippen LogP contribution in [0.2, 0.25) is 5.02 Å². The lowest BCUT2D eigenvalue weighted by molar-refractivity contribution is 0.0952. The standard InChI is InChI=1S/C19H25ClN4O3/c1-24(2)9-5-7-22-19(25)13-6-8-21-18(10-13)23-15-12-16(26-3)14(20)11-17(15)27-4/h6,8,10-12H,5,7,9H2,1-4H3,(H,21,23)(H,22,25). The Hall–Kier alpha value is -2.51. The highest BCUT2D eigenvalue weighted by Crippen LogP contribution is 2.37. The molecule has 0 aliphatic rings. The molecule has 8 heteroatoms.